The molecule has 1 saturated carbocycles. The molecule has 16 aromatic rings. The second-order valence-corrected chi connectivity index (χ2v) is 37.9. The summed E-state index contributed by atoms with van der Waals surface area (Å²) in [7, 11) is 4.07. The smallest absolute Gasteiger partial charge is 0.337 e. The van der Waals surface area contributed by atoms with Crippen molar-refractivity contribution in [3.8, 4) is 51.0 Å². The van der Waals surface area contributed by atoms with E-state index in [2.05, 4.69) is 96.1 Å². The first kappa shape index (κ1) is 95.5. The number of rotatable bonds is 22. The highest BCUT2D eigenvalue weighted by Gasteiger charge is 2.41. The third-order valence-corrected chi connectivity index (χ3v) is 29.3. The van der Waals surface area contributed by atoms with Gasteiger partial charge in [0.05, 0.1) is 147 Å². The molecule has 31 nitrogen and oxygen atoms in total. The SMILES string of the molecule is CCCN1CCN(c2cc(Nc3ccc(C(=O)OC)cc3)c3c4c(onc24)-c2ccccc2C3=O)CC1.CCCN1CCN(c2cc(Nc3ccc(OCC)cc3)c3c4c(onc24)-c2ccccc2C3=O)CC1.COC(=O)c1ccc(Nc2cc(N3CCN(C4CCCCC4)CC3)c3noc4c3c2C(=O)c2ccccc2-4)cc1.COC(=O)c1ccc(Nc2cc(N3CCOCC3)c3noc4c3c2C(=O)c2ccccc2-4)cc1. The summed E-state index contributed by atoms with van der Waals surface area (Å²) >= 11 is 0. The Morgan fingerprint density at radius 3 is 0.884 bits per heavy atom. The van der Waals surface area contributed by atoms with Crippen LogP contribution in [0.3, 0.4) is 0 Å². The van der Waals surface area contributed by atoms with Crippen LogP contribution in [0.5, 0.6) is 5.75 Å². The highest BCUT2D eigenvalue weighted by molar-refractivity contribution is 6.33. The van der Waals surface area contributed by atoms with E-state index in [1.807, 2.05) is 165 Å². The van der Waals surface area contributed by atoms with Gasteiger partial charge >= 0.3 is 17.9 Å². The van der Waals surface area contributed by atoms with Crippen molar-refractivity contribution in [2.75, 3.05) is 187 Å². The molecule has 25 rings (SSSR count). The third kappa shape index (κ3) is 18.2. The number of nitrogens with zero attached hydrogens (tertiary/aromatic N) is 11. The first-order valence-electron chi connectivity index (χ1n) is 50.6. The molecular formula is C116H111N15O16. The zero-order valence-corrected chi connectivity index (χ0v) is 82.7. The zero-order valence-electron chi connectivity index (χ0n) is 82.7. The summed E-state index contributed by atoms with van der Waals surface area (Å²) in [5.41, 5.74) is 21.8. The summed E-state index contributed by atoms with van der Waals surface area (Å²) in [5, 5.41) is 34.7. The fourth-order valence-corrected chi connectivity index (χ4v) is 22.0. The van der Waals surface area contributed by atoms with E-state index in [9.17, 15) is 33.6 Å². The van der Waals surface area contributed by atoms with E-state index >= 15 is 0 Å². The van der Waals surface area contributed by atoms with Crippen molar-refractivity contribution in [2.24, 2.45) is 0 Å². The first-order valence-corrected chi connectivity index (χ1v) is 50.6. The molecule has 147 heavy (non-hydrogen) atoms. The number of anilines is 12. The van der Waals surface area contributed by atoms with E-state index in [0.29, 0.717) is 157 Å². The van der Waals surface area contributed by atoms with Crippen LogP contribution in [0, 0.1) is 0 Å². The Bertz CT molecular complexity index is 7770. The molecule has 0 bridgehead atoms. The molecule has 0 spiro atoms. The second kappa shape index (κ2) is 41.4. The number of morpholine rings is 1. The minimum absolute atomic E-state index is 0.0148. The lowest BCUT2D eigenvalue weighted by molar-refractivity contribution is 0.0592. The summed E-state index contributed by atoms with van der Waals surface area (Å²) in [6.07, 6.45) is 8.92. The van der Waals surface area contributed by atoms with E-state index in [-0.39, 0.29) is 23.1 Å². The van der Waals surface area contributed by atoms with E-state index in [1.54, 1.807) is 54.6 Å². The number of methoxy groups -OCH3 is 3. The predicted molar refractivity (Wildman–Crippen MR) is 567 cm³/mol. The predicted octanol–water partition coefficient (Wildman–Crippen LogP) is 21.2. The highest BCUT2D eigenvalue weighted by Crippen LogP contribution is 2.53. The van der Waals surface area contributed by atoms with Crippen molar-refractivity contribution < 1.29 is 75.3 Å². The molecule has 0 amide bonds. The van der Waals surface area contributed by atoms with Gasteiger partial charge in [0, 0.05) is 165 Å². The van der Waals surface area contributed by atoms with Crippen molar-refractivity contribution in [1.82, 2.24) is 35.3 Å². The number of benzene rings is 12. The number of ether oxygens (including phenoxy) is 5. The van der Waals surface area contributed by atoms with E-state index in [4.69, 9.17) is 41.8 Å². The molecule has 0 radical (unpaired) electrons. The number of hydrogen-bond donors (Lipinski definition) is 4. The number of carbonyl (C=O) groups is 7. The van der Waals surface area contributed by atoms with Gasteiger partial charge in [-0.25, -0.2) is 14.4 Å². The Balaban J connectivity index is 0.000000111. The van der Waals surface area contributed by atoms with Crippen molar-refractivity contribution in [1.29, 1.82) is 0 Å². The molecular weight excluding hydrogens is 1860 g/mol. The Hall–Kier alpha value is -16.4. The van der Waals surface area contributed by atoms with Gasteiger partial charge < -0.3 is 82.6 Å². The monoisotopic (exact) mass is 1970 g/mol. The van der Waals surface area contributed by atoms with Crippen molar-refractivity contribution in [3.05, 3.63) is 280 Å². The summed E-state index contributed by atoms with van der Waals surface area (Å²) in [6, 6.07) is 67.7. The summed E-state index contributed by atoms with van der Waals surface area (Å²) in [4.78, 5) is 108. The molecule has 4 aromatic heterocycles. The maximum atomic E-state index is 13.9. The number of aromatic nitrogens is 4. The van der Waals surface area contributed by atoms with Crippen LogP contribution in [0.2, 0.25) is 0 Å². The van der Waals surface area contributed by atoms with Crippen molar-refractivity contribution >= 4 is 153 Å². The largest absolute Gasteiger partial charge is 0.494 e. The number of ketones is 4. The molecule has 4 N–H and O–H groups in total. The molecule has 9 aliphatic rings. The Morgan fingerprint density at radius 2 is 0.605 bits per heavy atom. The Labute approximate surface area is 847 Å². The van der Waals surface area contributed by atoms with Gasteiger partial charge in [-0.15, -0.1) is 0 Å². The first-order chi connectivity index (χ1) is 72.0. The Morgan fingerprint density at radius 1 is 0.333 bits per heavy atom. The van der Waals surface area contributed by atoms with Gasteiger partial charge in [-0.2, -0.15) is 0 Å². The van der Waals surface area contributed by atoms with Crippen LogP contribution < -0.4 is 45.6 Å². The average Bonchev–Trinajstić information content (AvgIpc) is 1.55. The van der Waals surface area contributed by atoms with Crippen LogP contribution >= 0.6 is 0 Å². The fraction of sp³-hybridized carbons (Fsp3) is 0.284. The lowest BCUT2D eigenvalue weighted by Gasteiger charge is -2.41. The van der Waals surface area contributed by atoms with Gasteiger partial charge in [0.15, 0.2) is 46.2 Å². The lowest BCUT2D eigenvalue weighted by atomic mass is 9.86. The molecule has 8 heterocycles. The zero-order chi connectivity index (χ0) is 101. The van der Waals surface area contributed by atoms with Crippen LogP contribution in [0.1, 0.15) is 160 Å². The molecule has 4 aliphatic heterocycles. The molecule has 0 atom stereocenters. The van der Waals surface area contributed by atoms with E-state index in [1.165, 1.54) is 53.4 Å². The summed E-state index contributed by atoms with van der Waals surface area (Å²) in [5.74, 6) is 1.92. The van der Waals surface area contributed by atoms with Crippen LogP contribution in [0.25, 0.3) is 88.9 Å². The summed E-state index contributed by atoms with van der Waals surface area (Å²) in [6.45, 7) is 23.2. The topological polar surface area (TPSA) is 341 Å². The van der Waals surface area contributed by atoms with Crippen LogP contribution in [-0.2, 0) is 18.9 Å². The van der Waals surface area contributed by atoms with E-state index in [0.717, 1.165) is 211 Å². The Kier molecular flexibility index (Phi) is 26.9. The third-order valence-electron chi connectivity index (χ3n) is 29.3. The molecule has 31 heteroatoms. The minimum Gasteiger partial charge on any atom is -0.494 e. The van der Waals surface area contributed by atoms with Gasteiger partial charge in [-0.1, -0.05) is 151 Å². The quantitative estimate of drug-likeness (QED) is 0.0362. The number of piperazine rings is 3. The normalized spacial score (nSPS) is 15.7. The van der Waals surface area contributed by atoms with Crippen LogP contribution in [0.4, 0.5) is 68.2 Å². The lowest BCUT2D eigenvalue weighted by Crippen LogP contribution is -2.51. The van der Waals surface area contributed by atoms with Crippen LogP contribution in [0.15, 0.2) is 236 Å². The maximum absolute atomic E-state index is 13.9. The minimum atomic E-state index is -0.404. The highest BCUT2D eigenvalue weighted by atomic mass is 16.5. The summed E-state index contributed by atoms with van der Waals surface area (Å²) < 4.78 is 49.2. The van der Waals surface area contributed by atoms with Crippen molar-refractivity contribution in [2.45, 2.75) is 71.8 Å². The number of fused-ring (bicyclic) bond motifs is 8. The van der Waals surface area contributed by atoms with Crippen LogP contribution in [-0.4, -0.2) is 228 Å². The average molecular weight is 1970 g/mol. The van der Waals surface area contributed by atoms with Gasteiger partial charge in [0.1, 0.15) is 27.8 Å². The molecule has 5 fully saturated rings. The van der Waals surface area contributed by atoms with Crippen molar-refractivity contribution in [3.63, 3.8) is 0 Å². The standard InChI is InChI=1S/C32H32N4O4.C29H28N4O4.C29H30N4O3.C26H21N3O5/c1-39-32(38)20-11-13-21(14-12-20)33-25-19-26(36-17-15-35(16-18-36)22-7-3-2-4-8-22)29-28-27(25)30(37)23-9-5-6-10-24(23)31(28)40-34-29;1-3-12-32-13-15-33(16-14-32)23-17-22(30-19-10-8-18(9-11-19)29(35)36-2)24-25-26(23)31-37-28(25)21-7-5-4-6-20(21)27(24)34;1-3-13-32-14-16-33(17-15-32)24-18-23(30-19-9-11-20(12-10-19)35-4-2)25-26-27(24)31-36-29(26)22-8-6-5-7-21(22)28(25)34;1-32-26(31)15-6-8-16(9-7-15)27-19-14-20(29-10-12-33-13-11-29)23-22-21(19)24(30)17-4-2-3-5-18(17)25(22)34-28-23/h5-6,9-14,19,22,33H,2-4,7-8,15-18H2,1H3;4-11,17,30H,3,12-16H2,1-2H3;5-12,18,30H,3-4,13-17H2,1-2H3;2-9,14,27H,10-13H2,1H3. The molecule has 0 unspecified atom stereocenters. The van der Waals surface area contributed by atoms with Gasteiger partial charge in [-0.3, -0.25) is 33.9 Å². The second-order valence-electron chi connectivity index (χ2n) is 37.9. The molecule has 12 aromatic carbocycles. The fourth-order valence-electron chi connectivity index (χ4n) is 22.0. The maximum Gasteiger partial charge on any atom is 0.337 e. The molecule has 4 saturated heterocycles. The number of nitrogens with one attached hydrogen (secondary N) is 4. The van der Waals surface area contributed by atoms with E-state index < -0.39 is 17.9 Å². The van der Waals surface area contributed by atoms with Gasteiger partial charge in [0.2, 0.25) is 0 Å². The number of carbonyl (C=O) groups excluding carboxylic acids is 7. The molecule has 746 valence electrons. The number of hydrogen-bond acceptors (Lipinski definition) is 31. The molecule has 5 aliphatic carbocycles. The van der Waals surface area contributed by atoms with Gasteiger partial charge in [-0.05, 0) is 167 Å². The number of esters is 3. The van der Waals surface area contributed by atoms with Gasteiger partial charge in [0.25, 0.3) is 0 Å².